The Bertz CT molecular complexity index is 980. The van der Waals surface area contributed by atoms with Gasteiger partial charge in [0.1, 0.15) is 0 Å². The van der Waals surface area contributed by atoms with Crippen molar-refractivity contribution < 1.29 is 9.53 Å². The molecule has 1 N–H and O–H groups in total. The smallest absolute Gasteiger partial charge is 0.279 e. The zero-order valence-electron chi connectivity index (χ0n) is 15.1. The number of aromatic nitrogens is 2. The third kappa shape index (κ3) is 3.31. The number of fused-ring (bicyclic) bond motifs is 1. The van der Waals surface area contributed by atoms with Crippen LogP contribution in [0.1, 0.15) is 32.7 Å². The molecule has 5 heteroatoms. The zero-order valence-corrected chi connectivity index (χ0v) is 15.1. The number of carbonyl (C=O) groups excluding carboxylic acids is 1. The standard InChI is InChI=1S/C20H21N3O2/c1-11-6-7-12(2)15(8-11)22-19(24)18-20(25-5)23-17-10-14(4)13(3)9-16(17)21-18/h6-10H,1-5H3,(H,22,24). The number of hydrogen-bond acceptors (Lipinski definition) is 4. The molecule has 0 saturated heterocycles. The van der Waals surface area contributed by atoms with Crippen molar-refractivity contribution in [1.29, 1.82) is 0 Å². The third-order valence-corrected chi connectivity index (χ3v) is 4.30. The van der Waals surface area contributed by atoms with E-state index in [0.29, 0.717) is 11.0 Å². The molecular weight excluding hydrogens is 314 g/mol. The number of nitrogens with one attached hydrogen (secondary N) is 1. The number of hydrogen-bond donors (Lipinski definition) is 1. The minimum absolute atomic E-state index is 0.180. The number of aryl methyl sites for hydroxylation is 4. The number of anilines is 1. The van der Waals surface area contributed by atoms with Crippen molar-refractivity contribution in [2.75, 3.05) is 12.4 Å². The highest BCUT2D eigenvalue weighted by molar-refractivity contribution is 6.05. The van der Waals surface area contributed by atoms with E-state index in [1.807, 2.05) is 58.0 Å². The highest BCUT2D eigenvalue weighted by atomic mass is 16.5. The normalized spacial score (nSPS) is 10.8. The molecule has 3 rings (SSSR count). The minimum Gasteiger partial charge on any atom is -0.479 e. The van der Waals surface area contributed by atoms with Gasteiger partial charge in [0.25, 0.3) is 5.91 Å². The Morgan fingerprint density at radius 1 is 0.920 bits per heavy atom. The van der Waals surface area contributed by atoms with Gasteiger partial charge in [-0.3, -0.25) is 4.79 Å². The Balaban J connectivity index is 2.05. The van der Waals surface area contributed by atoms with Crippen LogP contribution in [0, 0.1) is 27.7 Å². The molecular formula is C20H21N3O2. The molecule has 0 aliphatic heterocycles. The van der Waals surface area contributed by atoms with Crippen LogP contribution in [0.3, 0.4) is 0 Å². The van der Waals surface area contributed by atoms with Gasteiger partial charge in [-0.05, 0) is 68.1 Å². The summed E-state index contributed by atoms with van der Waals surface area (Å²) in [5, 5.41) is 2.91. The Labute approximate surface area is 147 Å². The topological polar surface area (TPSA) is 64.1 Å². The second-order valence-corrected chi connectivity index (χ2v) is 6.28. The van der Waals surface area contributed by atoms with Gasteiger partial charge in [-0.2, -0.15) is 0 Å². The molecule has 0 aliphatic carbocycles. The molecule has 2 aromatic carbocycles. The first-order chi connectivity index (χ1) is 11.9. The van der Waals surface area contributed by atoms with Crippen molar-refractivity contribution >= 4 is 22.6 Å². The molecule has 128 valence electrons. The monoisotopic (exact) mass is 335 g/mol. The zero-order chi connectivity index (χ0) is 18.1. The van der Waals surface area contributed by atoms with E-state index >= 15 is 0 Å². The van der Waals surface area contributed by atoms with Gasteiger partial charge in [-0.15, -0.1) is 0 Å². The maximum atomic E-state index is 12.8. The molecule has 1 amide bonds. The second-order valence-electron chi connectivity index (χ2n) is 6.28. The molecule has 1 aromatic heterocycles. The van der Waals surface area contributed by atoms with Crippen LogP contribution in [0.15, 0.2) is 30.3 Å². The van der Waals surface area contributed by atoms with E-state index in [-0.39, 0.29) is 17.5 Å². The quantitative estimate of drug-likeness (QED) is 0.782. The molecule has 0 atom stereocenters. The lowest BCUT2D eigenvalue weighted by atomic mass is 10.1. The van der Waals surface area contributed by atoms with Gasteiger partial charge in [-0.1, -0.05) is 12.1 Å². The van der Waals surface area contributed by atoms with Gasteiger partial charge in [-0.25, -0.2) is 9.97 Å². The summed E-state index contributed by atoms with van der Waals surface area (Å²) in [6.45, 7) is 7.96. The molecule has 25 heavy (non-hydrogen) atoms. The lowest BCUT2D eigenvalue weighted by molar-refractivity contribution is 0.101. The molecule has 5 nitrogen and oxygen atoms in total. The first-order valence-electron chi connectivity index (χ1n) is 8.10. The summed E-state index contributed by atoms with van der Waals surface area (Å²) in [6.07, 6.45) is 0. The fourth-order valence-electron chi connectivity index (χ4n) is 2.64. The number of nitrogens with zero attached hydrogens (tertiary/aromatic N) is 2. The highest BCUT2D eigenvalue weighted by Gasteiger charge is 2.18. The summed E-state index contributed by atoms with van der Waals surface area (Å²) in [5.41, 5.74) is 6.61. The Morgan fingerprint density at radius 2 is 1.56 bits per heavy atom. The van der Waals surface area contributed by atoms with Gasteiger partial charge in [0.15, 0.2) is 5.69 Å². The molecule has 1 heterocycles. The summed E-state index contributed by atoms with van der Waals surface area (Å²) in [5.74, 6) is -0.114. The van der Waals surface area contributed by atoms with E-state index in [9.17, 15) is 4.79 Å². The highest BCUT2D eigenvalue weighted by Crippen LogP contribution is 2.23. The maximum Gasteiger partial charge on any atom is 0.279 e. The predicted octanol–water partition coefficient (Wildman–Crippen LogP) is 4.12. The Morgan fingerprint density at radius 3 is 2.20 bits per heavy atom. The van der Waals surface area contributed by atoms with Crippen LogP contribution in [0.5, 0.6) is 5.88 Å². The summed E-state index contributed by atoms with van der Waals surface area (Å²) < 4.78 is 5.30. The van der Waals surface area contributed by atoms with E-state index in [4.69, 9.17) is 4.74 Å². The van der Waals surface area contributed by atoms with Gasteiger partial charge in [0.05, 0.1) is 18.1 Å². The largest absolute Gasteiger partial charge is 0.479 e. The van der Waals surface area contributed by atoms with E-state index in [2.05, 4.69) is 15.3 Å². The van der Waals surface area contributed by atoms with Crippen molar-refractivity contribution in [2.45, 2.75) is 27.7 Å². The third-order valence-electron chi connectivity index (χ3n) is 4.30. The van der Waals surface area contributed by atoms with Crippen LogP contribution >= 0.6 is 0 Å². The minimum atomic E-state index is -0.335. The number of benzene rings is 2. The van der Waals surface area contributed by atoms with Gasteiger partial charge in [0, 0.05) is 5.69 Å². The first kappa shape index (κ1) is 16.9. The summed E-state index contributed by atoms with van der Waals surface area (Å²) in [6, 6.07) is 9.80. The summed E-state index contributed by atoms with van der Waals surface area (Å²) in [4.78, 5) is 21.7. The van der Waals surface area contributed by atoms with Crippen LogP contribution in [-0.4, -0.2) is 23.0 Å². The fraction of sp³-hybridized carbons (Fsp3) is 0.250. The molecule has 0 saturated carbocycles. The summed E-state index contributed by atoms with van der Waals surface area (Å²) in [7, 11) is 1.49. The molecule has 0 fully saturated rings. The second kappa shape index (κ2) is 6.51. The number of methoxy groups -OCH3 is 1. The van der Waals surface area contributed by atoms with Crippen LogP contribution < -0.4 is 10.1 Å². The number of carbonyl (C=O) groups is 1. The van der Waals surface area contributed by atoms with Crippen molar-refractivity contribution in [3.8, 4) is 5.88 Å². The molecule has 0 aliphatic rings. The molecule has 0 spiro atoms. The molecule has 0 unspecified atom stereocenters. The van der Waals surface area contributed by atoms with Gasteiger partial charge in [0.2, 0.25) is 5.88 Å². The van der Waals surface area contributed by atoms with E-state index in [0.717, 1.165) is 27.9 Å². The SMILES string of the molecule is COc1nc2cc(C)c(C)cc2nc1C(=O)Nc1cc(C)ccc1C. The number of rotatable bonds is 3. The maximum absolute atomic E-state index is 12.8. The van der Waals surface area contributed by atoms with Crippen LogP contribution in [0.25, 0.3) is 11.0 Å². The number of amides is 1. The lowest BCUT2D eigenvalue weighted by Crippen LogP contribution is -2.17. The average Bonchev–Trinajstić information content (AvgIpc) is 2.58. The van der Waals surface area contributed by atoms with Crippen LogP contribution in [0.4, 0.5) is 5.69 Å². The molecule has 0 bridgehead atoms. The summed E-state index contributed by atoms with van der Waals surface area (Å²) >= 11 is 0. The predicted molar refractivity (Wildman–Crippen MR) is 99.4 cm³/mol. The van der Waals surface area contributed by atoms with Gasteiger partial charge < -0.3 is 10.1 Å². The molecule has 0 radical (unpaired) electrons. The van der Waals surface area contributed by atoms with Crippen LogP contribution in [-0.2, 0) is 0 Å². The Hall–Kier alpha value is -2.95. The average molecular weight is 335 g/mol. The lowest BCUT2D eigenvalue weighted by Gasteiger charge is -2.12. The fourth-order valence-corrected chi connectivity index (χ4v) is 2.64. The molecule has 3 aromatic rings. The van der Waals surface area contributed by atoms with E-state index in [1.54, 1.807) is 0 Å². The van der Waals surface area contributed by atoms with Gasteiger partial charge >= 0.3 is 0 Å². The van der Waals surface area contributed by atoms with Crippen LogP contribution in [0.2, 0.25) is 0 Å². The van der Waals surface area contributed by atoms with Crippen molar-refractivity contribution in [1.82, 2.24) is 9.97 Å². The van der Waals surface area contributed by atoms with E-state index < -0.39 is 0 Å². The first-order valence-corrected chi connectivity index (χ1v) is 8.10. The van der Waals surface area contributed by atoms with Crippen molar-refractivity contribution in [2.24, 2.45) is 0 Å². The number of ether oxygens (including phenoxy) is 1. The van der Waals surface area contributed by atoms with E-state index in [1.165, 1.54) is 7.11 Å². The van der Waals surface area contributed by atoms with Crippen molar-refractivity contribution in [3.63, 3.8) is 0 Å². The Kier molecular flexibility index (Phi) is 4.40. The van der Waals surface area contributed by atoms with Crippen molar-refractivity contribution in [3.05, 3.63) is 58.3 Å².